The van der Waals surface area contributed by atoms with Crippen molar-refractivity contribution in [3.05, 3.63) is 12.7 Å². The van der Waals surface area contributed by atoms with Crippen molar-refractivity contribution in [2.24, 2.45) is 5.41 Å². The third kappa shape index (κ3) is 5.68. The molecular weight excluding hydrogens is 234 g/mol. The zero-order chi connectivity index (χ0) is 12.9. The molecule has 1 saturated carbocycles. The van der Waals surface area contributed by atoms with Crippen LogP contribution in [0.2, 0.25) is 0 Å². The van der Waals surface area contributed by atoms with Crippen molar-refractivity contribution >= 4 is 9.84 Å². The van der Waals surface area contributed by atoms with Gasteiger partial charge >= 0.3 is 0 Å². The van der Waals surface area contributed by atoms with E-state index in [1.54, 1.807) is 0 Å². The summed E-state index contributed by atoms with van der Waals surface area (Å²) in [5.41, 5.74) is -0.108. The van der Waals surface area contributed by atoms with Crippen molar-refractivity contribution in [2.45, 2.75) is 45.6 Å². The lowest BCUT2D eigenvalue weighted by Gasteiger charge is -2.26. The van der Waals surface area contributed by atoms with E-state index in [4.69, 9.17) is 0 Å². The van der Waals surface area contributed by atoms with Crippen molar-refractivity contribution in [1.29, 1.82) is 0 Å². The Balaban J connectivity index is 2.41. The van der Waals surface area contributed by atoms with Gasteiger partial charge in [0.15, 0.2) is 0 Å². The fourth-order valence-electron chi connectivity index (χ4n) is 1.73. The first-order chi connectivity index (χ1) is 7.91. The molecule has 0 radical (unpaired) electrons. The standard InChI is InChI=1S/C13H25NO2S/c1-4-9-17(15,16)10-8-13(3,5-2)11-14-12-6-7-12/h5,12,14H,2,4,6-11H2,1,3H3. The average molecular weight is 259 g/mol. The summed E-state index contributed by atoms with van der Waals surface area (Å²) >= 11 is 0. The minimum absolute atomic E-state index is 0.108. The fourth-order valence-corrected chi connectivity index (χ4v) is 3.33. The van der Waals surface area contributed by atoms with Gasteiger partial charge in [-0.25, -0.2) is 8.42 Å². The molecule has 0 spiro atoms. The molecule has 0 aromatic carbocycles. The second-order valence-electron chi connectivity index (χ2n) is 5.42. The van der Waals surface area contributed by atoms with Gasteiger partial charge < -0.3 is 5.32 Å². The summed E-state index contributed by atoms with van der Waals surface area (Å²) in [5, 5.41) is 3.45. The monoisotopic (exact) mass is 259 g/mol. The number of nitrogens with one attached hydrogen (secondary N) is 1. The molecule has 0 saturated heterocycles. The van der Waals surface area contributed by atoms with E-state index < -0.39 is 9.84 Å². The minimum atomic E-state index is -2.87. The maximum absolute atomic E-state index is 11.7. The zero-order valence-electron chi connectivity index (χ0n) is 11.0. The van der Waals surface area contributed by atoms with Crippen LogP contribution in [0.1, 0.15) is 39.5 Å². The van der Waals surface area contributed by atoms with E-state index in [2.05, 4.69) is 18.8 Å². The van der Waals surface area contributed by atoms with Crippen LogP contribution in [0.3, 0.4) is 0 Å². The summed E-state index contributed by atoms with van der Waals surface area (Å²) in [6.45, 7) is 8.66. The molecule has 0 aliphatic heterocycles. The normalized spacial score (nSPS) is 19.9. The molecule has 0 bridgehead atoms. The van der Waals surface area contributed by atoms with E-state index in [0.29, 0.717) is 24.6 Å². The van der Waals surface area contributed by atoms with Gasteiger partial charge in [-0.15, -0.1) is 6.58 Å². The Morgan fingerprint density at radius 2 is 2.06 bits per heavy atom. The van der Waals surface area contributed by atoms with E-state index in [-0.39, 0.29) is 11.2 Å². The van der Waals surface area contributed by atoms with Crippen molar-refractivity contribution in [3.8, 4) is 0 Å². The first-order valence-electron chi connectivity index (χ1n) is 6.48. The van der Waals surface area contributed by atoms with Crippen LogP contribution in [0.15, 0.2) is 12.7 Å². The van der Waals surface area contributed by atoms with E-state index in [1.807, 2.05) is 13.0 Å². The maximum Gasteiger partial charge on any atom is 0.150 e. The molecule has 0 aromatic rings. The van der Waals surface area contributed by atoms with Gasteiger partial charge in [0.05, 0.1) is 5.75 Å². The summed E-state index contributed by atoms with van der Waals surface area (Å²) < 4.78 is 23.4. The molecule has 0 amide bonds. The summed E-state index contributed by atoms with van der Waals surface area (Å²) in [4.78, 5) is 0. The number of hydrogen-bond acceptors (Lipinski definition) is 3. The molecule has 1 fully saturated rings. The highest BCUT2D eigenvalue weighted by Crippen LogP contribution is 2.26. The van der Waals surface area contributed by atoms with Crippen LogP contribution in [0, 0.1) is 5.41 Å². The molecule has 1 aliphatic carbocycles. The van der Waals surface area contributed by atoms with Gasteiger partial charge in [-0.3, -0.25) is 0 Å². The average Bonchev–Trinajstić information content (AvgIpc) is 3.08. The van der Waals surface area contributed by atoms with Crippen molar-refractivity contribution in [2.75, 3.05) is 18.1 Å². The Hall–Kier alpha value is -0.350. The third-order valence-corrected chi connectivity index (χ3v) is 5.22. The zero-order valence-corrected chi connectivity index (χ0v) is 11.9. The number of rotatable bonds is 9. The van der Waals surface area contributed by atoms with Gasteiger partial charge in [-0.05, 0) is 31.1 Å². The Bertz CT molecular complexity index is 346. The van der Waals surface area contributed by atoms with Crippen LogP contribution in [-0.4, -0.2) is 32.5 Å². The van der Waals surface area contributed by atoms with Gasteiger partial charge in [0.25, 0.3) is 0 Å². The first kappa shape index (κ1) is 14.7. The highest BCUT2D eigenvalue weighted by molar-refractivity contribution is 7.91. The van der Waals surface area contributed by atoms with Crippen LogP contribution in [0.25, 0.3) is 0 Å². The second kappa shape index (κ2) is 6.01. The SMILES string of the molecule is C=CC(C)(CCS(=O)(=O)CCC)CNC1CC1. The molecule has 0 aromatic heterocycles. The molecule has 3 nitrogen and oxygen atoms in total. The van der Waals surface area contributed by atoms with E-state index in [0.717, 1.165) is 6.54 Å². The molecule has 100 valence electrons. The molecule has 1 atom stereocenters. The van der Waals surface area contributed by atoms with Crippen LogP contribution >= 0.6 is 0 Å². The van der Waals surface area contributed by atoms with Gasteiger partial charge in [-0.2, -0.15) is 0 Å². The van der Waals surface area contributed by atoms with Crippen molar-refractivity contribution in [1.82, 2.24) is 5.32 Å². The van der Waals surface area contributed by atoms with Crippen molar-refractivity contribution < 1.29 is 8.42 Å². The van der Waals surface area contributed by atoms with E-state index in [1.165, 1.54) is 12.8 Å². The highest BCUT2D eigenvalue weighted by Gasteiger charge is 2.27. The van der Waals surface area contributed by atoms with E-state index in [9.17, 15) is 8.42 Å². The van der Waals surface area contributed by atoms with E-state index >= 15 is 0 Å². The van der Waals surface area contributed by atoms with Crippen LogP contribution < -0.4 is 5.32 Å². The van der Waals surface area contributed by atoms with Crippen molar-refractivity contribution in [3.63, 3.8) is 0 Å². The first-order valence-corrected chi connectivity index (χ1v) is 8.30. The fraction of sp³-hybridized carbons (Fsp3) is 0.846. The Morgan fingerprint density at radius 1 is 1.41 bits per heavy atom. The van der Waals surface area contributed by atoms with Gasteiger partial charge in [0, 0.05) is 18.3 Å². The number of hydrogen-bond donors (Lipinski definition) is 1. The smallest absolute Gasteiger partial charge is 0.150 e. The molecule has 1 unspecified atom stereocenters. The summed E-state index contributed by atoms with van der Waals surface area (Å²) in [7, 11) is -2.87. The predicted octanol–water partition coefficient (Wildman–Crippen LogP) is 2.15. The topological polar surface area (TPSA) is 46.2 Å². The molecule has 1 rings (SSSR count). The molecule has 4 heteroatoms. The molecule has 1 N–H and O–H groups in total. The summed E-state index contributed by atoms with van der Waals surface area (Å²) in [5.74, 6) is 0.575. The Kier molecular flexibility index (Phi) is 5.20. The van der Waals surface area contributed by atoms with Gasteiger partial charge in [0.2, 0.25) is 0 Å². The van der Waals surface area contributed by atoms with Crippen LogP contribution in [0.4, 0.5) is 0 Å². The second-order valence-corrected chi connectivity index (χ2v) is 7.72. The maximum atomic E-state index is 11.7. The lowest BCUT2D eigenvalue weighted by molar-refractivity contribution is 0.378. The highest BCUT2D eigenvalue weighted by atomic mass is 32.2. The largest absolute Gasteiger partial charge is 0.313 e. The van der Waals surface area contributed by atoms with Crippen LogP contribution in [-0.2, 0) is 9.84 Å². The summed E-state index contributed by atoms with van der Waals surface area (Å²) in [6, 6.07) is 0.654. The quantitative estimate of drug-likeness (QED) is 0.645. The Labute approximate surface area is 106 Å². The number of sulfone groups is 1. The predicted molar refractivity (Wildman–Crippen MR) is 72.9 cm³/mol. The van der Waals surface area contributed by atoms with Crippen LogP contribution in [0.5, 0.6) is 0 Å². The molecule has 17 heavy (non-hydrogen) atoms. The molecule has 0 heterocycles. The third-order valence-electron chi connectivity index (χ3n) is 3.36. The van der Waals surface area contributed by atoms with Gasteiger partial charge in [0.1, 0.15) is 9.84 Å². The Morgan fingerprint density at radius 3 is 2.53 bits per heavy atom. The molecular formula is C13H25NO2S. The summed E-state index contributed by atoms with van der Waals surface area (Å²) in [6.07, 6.45) is 5.76. The minimum Gasteiger partial charge on any atom is -0.313 e. The molecule has 1 aliphatic rings. The lowest BCUT2D eigenvalue weighted by atomic mass is 9.88. The van der Waals surface area contributed by atoms with Gasteiger partial charge in [-0.1, -0.05) is 19.9 Å². The lowest BCUT2D eigenvalue weighted by Crippen LogP contribution is -2.33.